The van der Waals surface area contributed by atoms with E-state index in [4.69, 9.17) is 9.84 Å². The maximum Gasteiger partial charge on any atom is 0.341 e. The number of rotatable bonds is 4. The minimum atomic E-state index is -1.45. The molecule has 1 aromatic heterocycles. The number of aromatic nitrogens is 1. The van der Waals surface area contributed by atoms with Crippen molar-refractivity contribution in [2.24, 2.45) is 0 Å². The first kappa shape index (κ1) is 14.9. The molecule has 0 bridgehead atoms. The summed E-state index contributed by atoms with van der Waals surface area (Å²) < 4.78 is 18.8. The average molecular weight is 357 g/mol. The Balaban J connectivity index is 2.43. The number of carboxylic acids is 1. The number of carbonyl (C=O) groups is 1. The number of halogens is 2. The Morgan fingerprint density at radius 3 is 2.67 bits per heavy atom. The fourth-order valence-corrected chi connectivity index (χ4v) is 1.92. The topological polar surface area (TPSA) is 103 Å². The highest BCUT2D eigenvalue weighted by atomic mass is 79.9. The molecule has 0 spiro atoms. The molecule has 1 heterocycles. The van der Waals surface area contributed by atoms with Gasteiger partial charge < -0.3 is 9.84 Å². The van der Waals surface area contributed by atoms with Crippen LogP contribution in [-0.4, -0.2) is 21.0 Å². The summed E-state index contributed by atoms with van der Waals surface area (Å²) in [5, 5.41) is 19.6. The summed E-state index contributed by atoms with van der Waals surface area (Å²) >= 11 is 3.06. The van der Waals surface area contributed by atoms with Crippen molar-refractivity contribution in [2.45, 2.75) is 0 Å². The lowest BCUT2D eigenvalue weighted by Crippen LogP contribution is -2.03. The van der Waals surface area contributed by atoms with Crippen LogP contribution in [0.15, 0.2) is 34.9 Å². The Hall–Kier alpha value is -2.55. The molecule has 0 saturated heterocycles. The zero-order chi connectivity index (χ0) is 15.6. The van der Waals surface area contributed by atoms with Crippen molar-refractivity contribution in [2.75, 3.05) is 0 Å². The van der Waals surface area contributed by atoms with E-state index in [-0.39, 0.29) is 11.6 Å². The third-order valence-electron chi connectivity index (χ3n) is 2.33. The summed E-state index contributed by atoms with van der Waals surface area (Å²) in [6.45, 7) is 0. The van der Waals surface area contributed by atoms with Crippen molar-refractivity contribution in [3.8, 4) is 11.6 Å². The van der Waals surface area contributed by atoms with Crippen LogP contribution in [0.5, 0.6) is 11.6 Å². The van der Waals surface area contributed by atoms with E-state index in [1.54, 1.807) is 0 Å². The molecule has 0 aliphatic carbocycles. The summed E-state index contributed by atoms with van der Waals surface area (Å²) in [6.07, 6.45) is 0.857. The minimum absolute atomic E-state index is 0.00530. The molecule has 1 N–H and O–H groups in total. The Kier molecular flexibility index (Phi) is 4.13. The van der Waals surface area contributed by atoms with Crippen LogP contribution in [-0.2, 0) is 0 Å². The smallest absolute Gasteiger partial charge is 0.341 e. The largest absolute Gasteiger partial charge is 0.477 e. The van der Waals surface area contributed by atoms with Crippen molar-refractivity contribution in [1.29, 1.82) is 0 Å². The Bertz CT molecular complexity index is 717. The maximum absolute atomic E-state index is 13.2. The number of pyridine rings is 1. The third kappa shape index (κ3) is 3.51. The summed E-state index contributed by atoms with van der Waals surface area (Å²) in [6, 6.07) is 4.44. The Labute approximate surface area is 125 Å². The zero-order valence-corrected chi connectivity index (χ0v) is 11.7. The van der Waals surface area contributed by atoms with Gasteiger partial charge in [-0.2, -0.15) is 0 Å². The fraction of sp³-hybridized carbons (Fsp3) is 0. The van der Waals surface area contributed by atoms with Crippen LogP contribution in [0.1, 0.15) is 10.4 Å². The fourth-order valence-electron chi connectivity index (χ4n) is 1.47. The number of carboxylic acid groups (broad SMARTS) is 1. The second-order valence-corrected chi connectivity index (χ2v) is 4.73. The normalized spacial score (nSPS) is 10.2. The van der Waals surface area contributed by atoms with Gasteiger partial charge in [0.1, 0.15) is 23.3 Å². The van der Waals surface area contributed by atoms with Gasteiger partial charge in [0.2, 0.25) is 5.88 Å². The van der Waals surface area contributed by atoms with Gasteiger partial charge in [0, 0.05) is 16.6 Å². The van der Waals surface area contributed by atoms with E-state index in [1.807, 2.05) is 0 Å². The minimum Gasteiger partial charge on any atom is -0.477 e. The lowest BCUT2D eigenvalue weighted by atomic mass is 10.2. The van der Waals surface area contributed by atoms with E-state index in [0.717, 1.165) is 18.3 Å². The predicted octanol–water partition coefficient (Wildman–Crippen LogP) is 3.38. The summed E-state index contributed by atoms with van der Waals surface area (Å²) in [5.41, 5.74) is -0.982. The van der Waals surface area contributed by atoms with Crippen LogP contribution in [0, 0.1) is 15.9 Å². The van der Waals surface area contributed by atoms with Crippen molar-refractivity contribution in [3.63, 3.8) is 0 Å². The van der Waals surface area contributed by atoms with Crippen molar-refractivity contribution in [1.82, 2.24) is 4.98 Å². The van der Waals surface area contributed by atoms with E-state index in [0.29, 0.717) is 4.47 Å². The maximum atomic E-state index is 13.2. The molecule has 2 aromatic rings. The van der Waals surface area contributed by atoms with Gasteiger partial charge in [0.15, 0.2) is 0 Å². The summed E-state index contributed by atoms with van der Waals surface area (Å²) in [7, 11) is 0. The summed E-state index contributed by atoms with van der Waals surface area (Å²) in [5.74, 6) is -2.41. The van der Waals surface area contributed by atoms with Crippen LogP contribution in [0.4, 0.5) is 10.1 Å². The van der Waals surface area contributed by atoms with Crippen molar-refractivity contribution in [3.05, 3.63) is 56.4 Å². The van der Waals surface area contributed by atoms with Gasteiger partial charge in [-0.25, -0.2) is 14.2 Å². The van der Waals surface area contributed by atoms with Crippen molar-refractivity contribution < 1.29 is 24.0 Å². The molecule has 108 valence electrons. The number of nitro groups is 1. The molecule has 21 heavy (non-hydrogen) atoms. The molecule has 0 amide bonds. The Morgan fingerprint density at radius 1 is 1.38 bits per heavy atom. The molecule has 0 radical (unpaired) electrons. The van der Waals surface area contributed by atoms with Crippen LogP contribution >= 0.6 is 15.9 Å². The molecule has 0 unspecified atom stereocenters. The lowest BCUT2D eigenvalue weighted by molar-refractivity contribution is -0.385. The lowest BCUT2D eigenvalue weighted by Gasteiger charge is -2.08. The van der Waals surface area contributed by atoms with E-state index in [1.165, 1.54) is 12.1 Å². The SMILES string of the molecule is O=C(O)c1cc([N+](=O)[O-])cnc1Oc1cc(F)cc(Br)c1. The molecule has 9 heteroatoms. The van der Waals surface area contributed by atoms with Crippen molar-refractivity contribution >= 4 is 27.6 Å². The first-order valence-corrected chi connectivity index (χ1v) is 6.18. The average Bonchev–Trinajstić information content (AvgIpc) is 2.37. The van der Waals surface area contributed by atoms with E-state index < -0.39 is 28.0 Å². The second kappa shape index (κ2) is 5.83. The molecule has 0 atom stereocenters. The standard InChI is InChI=1S/C12H6BrFN2O5/c13-6-1-7(14)3-9(2-6)21-11-10(12(17)18)4-8(5-15-11)16(19)20/h1-5H,(H,17,18). The molecule has 0 saturated carbocycles. The molecule has 0 aliphatic rings. The van der Waals surface area contributed by atoms with E-state index >= 15 is 0 Å². The zero-order valence-electron chi connectivity index (χ0n) is 10.1. The van der Waals surface area contributed by atoms with Crippen LogP contribution in [0.25, 0.3) is 0 Å². The van der Waals surface area contributed by atoms with Crippen LogP contribution < -0.4 is 4.74 Å². The quantitative estimate of drug-likeness (QED) is 0.665. The first-order valence-electron chi connectivity index (χ1n) is 5.38. The highest BCUT2D eigenvalue weighted by Crippen LogP contribution is 2.28. The molecular weight excluding hydrogens is 351 g/mol. The third-order valence-corrected chi connectivity index (χ3v) is 2.79. The summed E-state index contributed by atoms with van der Waals surface area (Å²) in [4.78, 5) is 24.5. The van der Waals surface area contributed by atoms with E-state index in [9.17, 15) is 19.3 Å². The number of nitrogens with zero attached hydrogens (tertiary/aromatic N) is 2. The second-order valence-electron chi connectivity index (χ2n) is 3.82. The highest BCUT2D eigenvalue weighted by Gasteiger charge is 2.19. The molecule has 1 aromatic carbocycles. The van der Waals surface area contributed by atoms with E-state index in [2.05, 4.69) is 20.9 Å². The molecule has 7 nitrogen and oxygen atoms in total. The van der Waals surface area contributed by atoms with Gasteiger partial charge in [-0.3, -0.25) is 10.1 Å². The monoisotopic (exact) mass is 356 g/mol. The highest BCUT2D eigenvalue weighted by molar-refractivity contribution is 9.10. The van der Waals surface area contributed by atoms with Gasteiger partial charge in [-0.05, 0) is 12.1 Å². The van der Waals surface area contributed by atoms with Gasteiger partial charge in [0.25, 0.3) is 5.69 Å². The van der Waals surface area contributed by atoms with Gasteiger partial charge >= 0.3 is 5.97 Å². The molecule has 0 aliphatic heterocycles. The van der Waals surface area contributed by atoms with Crippen LogP contribution in [0.3, 0.4) is 0 Å². The molecule has 2 rings (SSSR count). The molecular formula is C12H6BrFN2O5. The first-order chi connectivity index (χ1) is 9.86. The number of aromatic carboxylic acids is 1. The van der Waals surface area contributed by atoms with Crippen LogP contribution in [0.2, 0.25) is 0 Å². The number of hydrogen-bond acceptors (Lipinski definition) is 5. The number of hydrogen-bond donors (Lipinski definition) is 1. The number of benzene rings is 1. The Morgan fingerprint density at radius 2 is 2.10 bits per heavy atom. The van der Waals surface area contributed by atoms with Gasteiger partial charge in [0.05, 0.1) is 4.92 Å². The van der Waals surface area contributed by atoms with Gasteiger partial charge in [-0.15, -0.1) is 0 Å². The molecule has 0 fully saturated rings. The number of ether oxygens (including phenoxy) is 1. The predicted molar refractivity (Wildman–Crippen MR) is 72.0 cm³/mol. The van der Waals surface area contributed by atoms with Gasteiger partial charge in [-0.1, -0.05) is 15.9 Å².